The highest BCUT2D eigenvalue weighted by Gasteiger charge is 2.37. The number of carboxylic acids is 1. The molecule has 0 atom stereocenters. The maximum Gasteiger partial charge on any atom is 0.310 e. The summed E-state index contributed by atoms with van der Waals surface area (Å²) in [5.41, 5.74) is 0.0185. The predicted octanol–water partition coefficient (Wildman–Crippen LogP) is 3.75. The predicted molar refractivity (Wildman–Crippen MR) is 97.0 cm³/mol. The Balaban J connectivity index is 1.97. The fourth-order valence-corrected chi connectivity index (χ4v) is 2.63. The third-order valence-corrected chi connectivity index (χ3v) is 4.48. The summed E-state index contributed by atoms with van der Waals surface area (Å²) in [4.78, 5) is 35.6. The van der Waals surface area contributed by atoms with E-state index < -0.39 is 11.4 Å². The van der Waals surface area contributed by atoms with Crippen LogP contribution in [0, 0.1) is 5.41 Å². The van der Waals surface area contributed by atoms with Crippen LogP contribution in [-0.2, 0) is 9.59 Å². The quantitative estimate of drug-likeness (QED) is 0.666. The number of carbonyl (C=O) groups excluding carboxylic acids is 2. The fourth-order valence-electron chi connectivity index (χ4n) is 2.63. The first-order chi connectivity index (χ1) is 12.4. The summed E-state index contributed by atoms with van der Waals surface area (Å²) in [5, 5.41) is 14.8. The van der Waals surface area contributed by atoms with E-state index >= 15 is 0 Å². The molecule has 0 unspecified atom stereocenters. The molecule has 0 saturated heterocycles. The van der Waals surface area contributed by atoms with E-state index in [2.05, 4.69) is 10.6 Å². The zero-order valence-electron chi connectivity index (χ0n) is 14.7. The number of carboxylic acid groups (broad SMARTS) is 1. The highest BCUT2D eigenvalue weighted by atomic mass is 16.4. The van der Waals surface area contributed by atoms with Crippen LogP contribution in [0.15, 0.2) is 47.1 Å². The Labute approximate surface area is 151 Å². The Morgan fingerprint density at radius 3 is 2.04 bits per heavy atom. The van der Waals surface area contributed by atoms with Crippen molar-refractivity contribution in [3.8, 4) is 0 Å². The molecule has 26 heavy (non-hydrogen) atoms. The van der Waals surface area contributed by atoms with Gasteiger partial charge >= 0.3 is 5.97 Å². The van der Waals surface area contributed by atoms with E-state index in [1.165, 1.54) is 6.26 Å². The summed E-state index contributed by atoms with van der Waals surface area (Å²) in [6.45, 7) is 3.53. The zero-order chi connectivity index (χ0) is 19.2. The number of benzene rings is 1. The van der Waals surface area contributed by atoms with Gasteiger partial charge in [-0.05, 0) is 49.2 Å². The number of aliphatic carboxylic acids is 1. The molecule has 2 amide bonds. The van der Waals surface area contributed by atoms with Crippen LogP contribution < -0.4 is 10.6 Å². The monoisotopic (exact) mass is 358 g/mol. The molecule has 0 aliphatic heterocycles. The van der Waals surface area contributed by atoms with Gasteiger partial charge in [-0.2, -0.15) is 0 Å². The van der Waals surface area contributed by atoms with E-state index in [-0.39, 0.29) is 24.0 Å². The molecule has 0 aliphatic rings. The van der Waals surface area contributed by atoms with Crippen molar-refractivity contribution in [1.29, 1.82) is 0 Å². The molecular weight excluding hydrogens is 336 g/mol. The van der Waals surface area contributed by atoms with E-state index in [1.807, 2.05) is 0 Å². The molecule has 0 radical (unpaired) electrons. The summed E-state index contributed by atoms with van der Waals surface area (Å²) >= 11 is 0. The van der Waals surface area contributed by atoms with Crippen molar-refractivity contribution in [1.82, 2.24) is 0 Å². The van der Waals surface area contributed by atoms with E-state index in [1.54, 1.807) is 50.2 Å². The lowest BCUT2D eigenvalue weighted by molar-refractivity contribution is -0.151. The minimum atomic E-state index is -1.05. The standard InChI is InChI=1S/C19H22N2O5/c1-3-19(4-2,18(24)25)12-16(22)20-13-7-9-14(10-8-13)21-17(23)15-6-5-11-26-15/h5-11H,3-4,12H2,1-2H3,(H,20,22)(H,21,23)(H,24,25). The second-order valence-electron chi connectivity index (χ2n) is 6.03. The van der Waals surface area contributed by atoms with Crippen molar-refractivity contribution in [2.75, 3.05) is 10.6 Å². The van der Waals surface area contributed by atoms with E-state index in [9.17, 15) is 19.5 Å². The molecule has 0 bridgehead atoms. The molecule has 7 heteroatoms. The highest BCUT2D eigenvalue weighted by molar-refractivity contribution is 6.02. The first kappa shape index (κ1) is 19.2. The molecule has 2 rings (SSSR count). The van der Waals surface area contributed by atoms with Crippen molar-refractivity contribution in [2.24, 2.45) is 5.41 Å². The molecule has 138 valence electrons. The molecule has 0 aliphatic carbocycles. The van der Waals surface area contributed by atoms with Gasteiger partial charge in [-0.1, -0.05) is 13.8 Å². The molecule has 2 aromatic rings. The molecule has 1 heterocycles. The van der Waals surface area contributed by atoms with Crippen LogP contribution in [-0.4, -0.2) is 22.9 Å². The van der Waals surface area contributed by atoms with Crippen LogP contribution >= 0.6 is 0 Å². The van der Waals surface area contributed by atoms with Crippen LogP contribution in [0.1, 0.15) is 43.7 Å². The smallest absolute Gasteiger partial charge is 0.310 e. The Kier molecular flexibility index (Phi) is 6.16. The van der Waals surface area contributed by atoms with Crippen molar-refractivity contribution >= 4 is 29.2 Å². The van der Waals surface area contributed by atoms with Crippen LogP contribution in [0.5, 0.6) is 0 Å². The lowest BCUT2D eigenvalue weighted by atomic mass is 9.79. The number of anilines is 2. The minimum absolute atomic E-state index is 0.0910. The van der Waals surface area contributed by atoms with Crippen molar-refractivity contribution in [2.45, 2.75) is 33.1 Å². The first-order valence-corrected chi connectivity index (χ1v) is 8.38. The molecular formula is C19H22N2O5. The summed E-state index contributed by atoms with van der Waals surface area (Å²) < 4.78 is 5.01. The van der Waals surface area contributed by atoms with Crippen molar-refractivity contribution in [3.63, 3.8) is 0 Å². The number of amides is 2. The topological polar surface area (TPSA) is 109 Å². The van der Waals surface area contributed by atoms with Gasteiger partial charge < -0.3 is 20.2 Å². The van der Waals surface area contributed by atoms with E-state index in [4.69, 9.17) is 4.42 Å². The van der Waals surface area contributed by atoms with Gasteiger partial charge in [0.25, 0.3) is 5.91 Å². The van der Waals surface area contributed by atoms with Crippen LogP contribution in [0.3, 0.4) is 0 Å². The van der Waals surface area contributed by atoms with E-state index in [0.717, 1.165) is 0 Å². The largest absolute Gasteiger partial charge is 0.481 e. The maximum atomic E-state index is 12.2. The first-order valence-electron chi connectivity index (χ1n) is 8.38. The zero-order valence-corrected chi connectivity index (χ0v) is 14.7. The van der Waals surface area contributed by atoms with Crippen molar-refractivity contribution < 1.29 is 23.9 Å². The summed E-state index contributed by atoms with van der Waals surface area (Å²) in [6, 6.07) is 9.73. The van der Waals surface area contributed by atoms with Gasteiger partial charge in [-0.3, -0.25) is 14.4 Å². The molecule has 3 N–H and O–H groups in total. The van der Waals surface area contributed by atoms with Gasteiger partial charge in [0, 0.05) is 17.8 Å². The number of furan rings is 1. The molecule has 0 fully saturated rings. The lowest BCUT2D eigenvalue weighted by Crippen LogP contribution is -2.34. The van der Waals surface area contributed by atoms with Crippen LogP contribution in [0.25, 0.3) is 0 Å². The Morgan fingerprint density at radius 2 is 1.58 bits per heavy atom. The van der Waals surface area contributed by atoms with Gasteiger partial charge in [0.1, 0.15) is 0 Å². The Bertz CT molecular complexity index is 762. The van der Waals surface area contributed by atoms with Gasteiger partial charge in [0.15, 0.2) is 5.76 Å². The molecule has 0 spiro atoms. The Hall–Kier alpha value is -3.09. The second-order valence-corrected chi connectivity index (χ2v) is 6.03. The average Bonchev–Trinajstić information content (AvgIpc) is 3.16. The number of hydrogen-bond donors (Lipinski definition) is 3. The number of nitrogens with one attached hydrogen (secondary N) is 2. The maximum absolute atomic E-state index is 12.2. The number of hydrogen-bond acceptors (Lipinski definition) is 4. The summed E-state index contributed by atoms with van der Waals surface area (Å²) in [6.07, 6.45) is 2.08. The molecule has 7 nitrogen and oxygen atoms in total. The van der Waals surface area contributed by atoms with Gasteiger partial charge in [0.05, 0.1) is 11.7 Å². The minimum Gasteiger partial charge on any atom is -0.481 e. The average molecular weight is 358 g/mol. The van der Waals surface area contributed by atoms with Gasteiger partial charge in [-0.25, -0.2) is 0 Å². The summed E-state index contributed by atoms with van der Waals surface area (Å²) in [5.74, 6) is -1.49. The van der Waals surface area contributed by atoms with Crippen LogP contribution in [0.4, 0.5) is 11.4 Å². The SMILES string of the molecule is CCC(CC)(CC(=O)Nc1ccc(NC(=O)c2ccco2)cc1)C(=O)O. The highest BCUT2D eigenvalue weighted by Crippen LogP contribution is 2.31. The summed E-state index contributed by atoms with van der Waals surface area (Å²) in [7, 11) is 0. The molecule has 1 aromatic carbocycles. The van der Waals surface area contributed by atoms with Gasteiger partial charge in [-0.15, -0.1) is 0 Å². The Morgan fingerprint density at radius 1 is 1.00 bits per heavy atom. The number of carbonyl (C=O) groups is 3. The van der Waals surface area contributed by atoms with Gasteiger partial charge in [0.2, 0.25) is 5.91 Å². The second kappa shape index (κ2) is 8.33. The van der Waals surface area contributed by atoms with Crippen molar-refractivity contribution in [3.05, 3.63) is 48.4 Å². The third kappa shape index (κ3) is 4.50. The lowest BCUT2D eigenvalue weighted by Gasteiger charge is -2.25. The molecule has 0 saturated carbocycles. The van der Waals surface area contributed by atoms with Crippen LogP contribution in [0.2, 0.25) is 0 Å². The molecule has 1 aromatic heterocycles. The number of rotatable bonds is 8. The fraction of sp³-hybridized carbons (Fsp3) is 0.316. The van der Waals surface area contributed by atoms with E-state index in [0.29, 0.717) is 24.2 Å². The normalized spacial score (nSPS) is 11.0. The third-order valence-electron chi connectivity index (χ3n) is 4.48.